The van der Waals surface area contributed by atoms with E-state index in [0.29, 0.717) is 11.7 Å². The van der Waals surface area contributed by atoms with Crippen LogP contribution in [0.5, 0.6) is 5.75 Å². The number of hydrogen-bond donors (Lipinski definition) is 2. The van der Waals surface area contributed by atoms with Crippen molar-refractivity contribution in [1.82, 2.24) is 5.32 Å². The summed E-state index contributed by atoms with van der Waals surface area (Å²) in [5.74, 6) is 0.992. The van der Waals surface area contributed by atoms with E-state index in [1.807, 2.05) is 12.1 Å². The van der Waals surface area contributed by atoms with E-state index in [1.54, 1.807) is 6.07 Å². The van der Waals surface area contributed by atoms with Crippen LogP contribution in [0.2, 0.25) is 0 Å². The van der Waals surface area contributed by atoms with Crippen LogP contribution in [0.25, 0.3) is 0 Å². The molecule has 2 heteroatoms. The standard InChI is InChI=1S/C14H21NO/c1-11(2)14(7-4-8-15-14)10-12-5-3-6-13(16)9-12/h3,5-6,9,11,15-16H,4,7-8,10H2,1-2H3. The molecule has 1 atom stereocenters. The van der Waals surface area contributed by atoms with Crippen LogP contribution in [-0.4, -0.2) is 17.2 Å². The van der Waals surface area contributed by atoms with Gasteiger partial charge >= 0.3 is 0 Å². The van der Waals surface area contributed by atoms with Crippen molar-refractivity contribution >= 4 is 0 Å². The molecule has 88 valence electrons. The molecule has 0 aliphatic carbocycles. The number of rotatable bonds is 3. The van der Waals surface area contributed by atoms with Crippen LogP contribution in [0.4, 0.5) is 0 Å². The van der Waals surface area contributed by atoms with Gasteiger partial charge in [0.1, 0.15) is 5.75 Å². The predicted molar refractivity (Wildman–Crippen MR) is 66.6 cm³/mol. The molecule has 0 amide bonds. The highest BCUT2D eigenvalue weighted by Gasteiger charge is 2.36. The number of benzene rings is 1. The molecule has 2 nitrogen and oxygen atoms in total. The summed E-state index contributed by atoms with van der Waals surface area (Å²) in [5, 5.41) is 13.1. The normalized spacial score (nSPS) is 25.2. The Morgan fingerprint density at radius 2 is 2.25 bits per heavy atom. The highest BCUT2D eigenvalue weighted by molar-refractivity contribution is 5.29. The molecule has 1 aliphatic rings. The molecule has 1 aromatic rings. The van der Waals surface area contributed by atoms with Gasteiger partial charge in [-0.05, 0) is 49.4 Å². The molecule has 1 aromatic carbocycles. The smallest absolute Gasteiger partial charge is 0.115 e. The summed E-state index contributed by atoms with van der Waals surface area (Å²) in [5.41, 5.74) is 1.46. The summed E-state index contributed by atoms with van der Waals surface area (Å²) in [6, 6.07) is 7.63. The summed E-state index contributed by atoms with van der Waals surface area (Å²) in [4.78, 5) is 0. The topological polar surface area (TPSA) is 32.3 Å². The zero-order valence-corrected chi connectivity index (χ0v) is 10.2. The van der Waals surface area contributed by atoms with E-state index in [4.69, 9.17) is 0 Å². The highest BCUT2D eigenvalue weighted by atomic mass is 16.3. The fourth-order valence-corrected chi connectivity index (χ4v) is 2.71. The minimum absolute atomic E-state index is 0.230. The van der Waals surface area contributed by atoms with Crippen molar-refractivity contribution in [3.63, 3.8) is 0 Å². The number of hydrogen-bond acceptors (Lipinski definition) is 2. The molecule has 2 N–H and O–H groups in total. The molecule has 0 saturated carbocycles. The van der Waals surface area contributed by atoms with Crippen molar-refractivity contribution in [3.05, 3.63) is 29.8 Å². The summed E-state index contributed by atoms with van der Waals surface area (Å²) in [7, 11) is 0. The summed E-state index contributed by atoms with van der Waals surface area (Å²) in [6.45, 7) is 5.68. The molecule has 16 heavy (non-hydrogen) atoms. The average molecular weight is 219 g/mol. The Morgan fingerprint density at radius 1 is 1.44 bits per heavy atom. The third kappa shape index (κ3) is 2.22. The van der Waals surface area contributed by atoms with Gasteiger partial charge in [0, 0.05) is 5.54 Å². The Bertz CT molecular complexity index is 354. The summed E-state index contributed by atoms with van der Waals surface area (Å²) < 4.78 is 0. The third-order valence-electron chi connectivity index (χ3n) is 3.81. The first kappa shape index (κ1) is 11.5. The van der Waals surface area contributed by atoms with E-state index in [0.717, 1.165) is 13.0 Å². The van der Waals surface area contributed by atoms with Crippen molar-refractivity contribution < 1.29 is 5.11 Å². The second kappa shape index (κ2) is 4.46. The maximum absolute atomic E-state index is 9.49. The van der Waals surface area contributed by atoms with Gasteiger partial charge in [0.2, 0.25) is 0 Å². The van der Waals surface area contributed by atoms with Crippen LogP contribution in [0.1, 0.15) is 32.3 Å². The van der Waals surface area contributed by atoms with Crippen molar-refractivity contribution in [2.75, 3.05) is 6.54 Å². The summed E-state index contributed by atoms with van der Waals surface area (Å²) >= 11 is 0. The Kier molecular flexibility index (Phi) is 3.20. The van der Waals surface area contributed by atoms with Crippen molar-refractivity contribution in [1.29, 1.82) is 0 Å². The molecule has 1 aliphatic heterocycles. The zero-order valence-electron chi connectivity index (χ0n) is 10.2. The van der Waals surface area contributed by atoms with Crippen molar-refractivity contribution in [2.45, 2.75) is 38.6 Å². The van der Waals surface area contributed by atoms with E-state index in [9.17, 15) is 5.11 Å². The van der Waals surface area contributed by atoms with Gasteiger partial charge in [-0.15, -0.1) is 0 Å². The first-order valence-corrected chi connectivity index (χ1v) is 6.15. The lowest BCUT2D eigenvalue weighted by Crippen LogP contribution is -2.46. The number of phenolic OH excluding ortho intramolecular Hbond substituents is 1. The molecule has 0 spiro atoms. The molecule has 1 heterocycles. The maximum atomic E-state index is 9.49. The predicted octanol–water partition coefficient (Wildman–Crippen LogP) is 2.71. The summed E-state index contributed by atoms with van der Waals surface area (Å²) in [6.07, 6.45) is 3.51. The highest BCUT2D eigenvalue weighted by Crippen LogP contribution is 2.31. The van der Waals surface area contributed by atoms with Crippen molar-refractivity contribution in [2.24, 2.45) is 5.92 Å². The van der Waals surface area contributed by atoms with Crippen LogP contribution in [0, 0.1) is 5.92 Å². The maximum Gasteiger partial charge on any atom is 0.115 e. The largest absolute Gasteiger partial charge is 0.508 e. The minimum atomic E-state index is 0.230. The molecule has 1 unspecified atom stereocenters. The lowest BCUT2D eigenvalue weighted by molar-refractivity contribution is 0.269. The van der Waals surface area contributed by atoms with Crippen LogP contribution in [-0.2, 0) is 6.42 Å². The fourth-order valence-electron chi connectivity index (χ4n) is 2.71. The molecule has 0 radical (unpaired) electrons. The molecule has 1 saturated heterocycles. The minimum Gasteiger partial charge on any atom is -0.508 e. The van der Waals surface area contributed by atoms with Crippen LogP contribution in [0.3, 0.4) is 0 Å². The van der Waals surface area contributed by atoms with E-state index in [1.165, 1.54) is 18.4 Å². The second-order valence-corrected chi connectivity index (χ2v) is 5.19. The quantitative estimate of drug-likeness (QED) is 0.819. The second-order valence-electron chi connectivity index (χ2n) is 5.19. The molecule has 0 aromatic heterocycles. The lowest BCUT2D eigenvalue weighted by atomic mass is 9.80. The fraction of sp³-hybridized carbons (Fsp3) is 0.571. The average Bonchev–Trinajstić information content (AvgIpc) is 2.67. The van der Waals surface area contributed by atoms with E-state index in [2.05, 4.69) is 25.2 Å². The van der Waals surface area contributed by atoms with Gasteiger partial charge in [-0.25, -0.2) is 0 Å². The first-order valence-electron chi connectivity index (χ1n) is 6.15. The third-order valence-corrected chi connectivity index (χ3v) is 3.81. The van der Waals surface area contributed by atoms with Gasteiger partial charge in [-0.1, -0.05) is 26.0 Å². The lowest BCUT2D eigenvalue weighted by Gasteiger charge is -2.34. The van der Waals surface area contributed by atoms with Crippen LogP contribution in [0.15, 0.2) is 24.3 Å². The Morgan fingerprint density at radius 3 is 2.81 bits per heavy atom. The number of phenols is 1. The zero-order chi connectivity index (χ0) is 11.6. The van der Waals surface area contributed by atoms with Gasteiger partial charge in [0.25, 0.3) is 0 Å². The van der Waals surface area contributed by atoms with Gasteiger partial charge in [0.15, 0.2) is 0 Å². The molecule has 2 rings (SSSR count). The molecule has 0 bridgehead atoms. The Balaban J connectivity index is 2.18. The molecule has 1 fully saturated rings. The van der Waals surface area contributed by atoms with Crippen molar-refractivity contribution in [3.8, 4) is 5.75 Å². The van der Waals surface area contributed by atoms with E-state index in [-0.39, 0.29) is 5.54 Å². The van der Waals surface area contributed by atoms with Gasteiger partial charge in [-0.3, -0.25) is 0 Å². The molecular formula is C14H21NO. The van der Waals surface area contributed by atoms with Gasteiger partial charge < -0.3 is 10.4 Å². The van der Waals surface area contributed by atoms with E-state index >= 15 is 0 Å². The van der Waals surface area contributed by atoms with Gasteiger partial charge in [0.05, 0.1) is 0 Å². The first-order chi connectivity index (χ1) is 7.62. The van der Waals surface area contributed by atoms with Crippen LogP contribution >= 0.6 is 0 Å². The van der Waals surface area contributed by atoms with Crippen LogP contribution < -0.4 is 5.32 Å². The Hall–Kier alpha value is -1.02. The van der Waals surface area contributed by atoms with E-state index < -0.39 is 0 Å². The SMILES string of the molecule is CC(C)C1(Cc2cccc(O)c2)CCCN1. The molecular weight excluding hydrogens is 198 g/mol. The monoisotopic (exact) mass is 219 g/mol. The Labute approximate surface area is 97.7 Å². The number of aromatic hydroxyl groups is 1. The van der Waals surface area contributed by atoms with Gasteiger partial charge in [-0.2, -0.15) is 0 Å². The number of nitrogens with one attached hydrogen (secondary N) is 1.